The zero-order valence-corrected chi connectivity index (χ0v) is 42.5. The van der Waals surface area contributed by atoms with Crippen molar-refractivity contribution in [2.24, 2.45) is 11.8 Å². The molecule has 8 atom stereocenters. The molecule has 1 saturated heterocycles. The first-order chi connectivity index (χ1) is 32.7. The lowest BCUT2D eigenvalue weighted by molar-refractivity contribution is -0.181. The predicted octanol–water partition coefficient (Wildman–Crippen LogP) is 7.88. The van der Waals surface area contributed by atoms with Crippen molar-refractivity contribution in [2.45, 2.75) is 116 Å². The molecule has 5 heterocycles. The number of fused-ring (bicyclic) bond motifs is 6. The molecule has 1 amide bonds. The van der Waals surface area contributed by atoms with Crippen molar-refractivity contribution >= 4 is 63.9 Å². The van der Waals surface area contributed by atoms with Gasteiger partial charge in [-0.3, -0.25) is 14.5 Å². The van der Waals surface area contributed by atoms with Crippen LogP contribution in [0.1, 0.15) is 104 Å². The molecule has 20 nitrogen and oxygen atoms in total. The number of rotatable bonds is 16. The summed E-state index contributed by atoms with van der Waals surface area (Å²) in [5, 5.41) is 15.6. The SMILES string of the molecule is CC(C)=CCCC1(C)C=Cc2c(c(CC=C(C)C)c3c(c2OP(=O)(O)OP(=O)(O)OP(=O)(O)O)C2=C4C(C5CC6C(C)(C)OC(C/C=C(/C)C(=O)NCCO)(C5=O)C46O3)n3c(nc4ccccc43)N2)O1. The molecular weight excluding hydrogens is 969 g/mol. The Kier molecular flexibility index (Phi) is 12.4. The summed E-state index contributed by atoms with van der Waals surface area (Å²) in [6, 6.07) is 6.57. The van der Waals surface area contributed by atoms with Crippen molar-refractivity contribution in [1.29, 1.82) is 0 Å². The maximum Gasteiger partial charge on any atom is 0.536 e. The van der Waals surface area contributed by atoms with Gasteiger partial charge in [-0.25, -0.2) is 18.7 Å². The Balaban J connectivity index is 1.37. The smallest absolute Gasteiger partial charge is 0.482 e. The van der Waals surface area contributed by atoms with E-state index < -0.39 is 75.4 Å². The molecule has 3 aliphatic carbocycles. The first-order valence-electron chi connectivity index (χ1n) is 22.9. The molecule has 4 fully saturated rings. The Hall–Kier alpha value is -4.68. The third-order valence-electron chi connectivity index (χ3n) is 14.0. The summed E-state index contributed by atoms with van der Waals surface area (Å²) in [7, 11) is -17.7. The fraction of sp³-hybridized carbons (Fsp3) is 0.468. The second kappa shape index (κ2) is 17.2. The van der Waals surface area contributed by atoms with Gasteiger partial charge in [0.25, 0.3) is 0 Å². The molecule has 1 aromatic heterocycles. The molecule has 376 valence electrons. The normalized spacial score (nSPS) is 28.2. The number of nitrogens with zero attached hydrogens (tertiary/aromatic N) is 2. The van der Waals surface area contributed by atoms with Crippen LogP contribution in [0, 0.1) is 11.8 Å². The van der Waals surface area contributed by atoms with Gasteiger partial charge < -0.3 is 53.7 Å². The van der Waals surface area contributed by atoms with E-state index in [1.807, 2.05) is 83.4 Å². The molecule has 7 aliphatic rings. The third kappa shape index (κ3) is 8.28. The van der Waals surface area contributed by atoms with Gasteiger partial charge >= 0.3 is 23.5 Å². The molecule has 2 aromatic carbocycles. The largest absolute Gasteiger partial charge is 0.536 e. The van der Waals surface area contributed by atoms with Crippen molar-refractivity contribution in [3.05, 3.63) is 87.6 Å². The average Bonchev–Trinajstić information content (AvgIpc) is 3.68. The van der Waals surface area contributed by atoms with Crippen LogP contribution < -0.4 is 24.6 Å². The highest BCUT2D eigenvalue weighted by Gasteiger charge is 2.84. The quantitative estimate of drug-likeness (QED) is 0.0408. The number of phosphoric ester groups is 1. The summed E-state index contributed by atoms with van der Waals surface area (Å²) in [5.74, 6) is -2.06. The minimum Gasteiger partial charge on any atom is -0.482 e. The van der Waals surface area contributed by atoms with Gasteiger partial charge in [0.05, 0.1) is 46.1 Å². The fourth-order valence-electron chi connectivity index (χ4n) is 11.3. The number of aromatic nitrogens is 2. The molecule has 70 heavy (non-hydrogen) atoms. The molecule has 7 N–H and O–H groups in total. The van der Waals surface area contributed by atoms with Crippen LogP contribution in [0.5, 0.6) is 17.2 Å². The summed E-state index contributed by atoms with van der Waals surface area (Å²) >= 11 is 0. The second-order valence-electron chi connectivity index (χ2n) is 19.8. The zero-order valence-electron chi connectivity index (χ0n) is 39.8. The predicted molar refractivity (Wildman–Crippen MR) is 256 cm³/mol. The molecule has 23 heteroatoms. The molecule has 10 rings (SSSR count). The van der Waals surface area contributed by atoms with E-state index in [1.54, 1.807) is 25.2 Å². The number of nitrogens with one attached hydrogen (secondary N) is 2. The highest BCUT2D eigenvalue weighted by Crippen LogP contribution is 2.75. The number of imidazole rings is 1. The summed E-state index contributed by atoms with van der Waals surface area (Å²) in [5.41, 5.74) is -0.733. The number of ketones is 1. The number of para-hydroxylation sites is 2. The van der Waals surface area contributed by atoms with E-state index in [0.717, 1.165) is 11.1 Å². The number of Topliss-reactive ketones (excluding diaryl/α,β-unsaturated/α-hetero) is 1. The van der Waals surface area contributed by atoms with Gasteiger partial charge in [0.15, 0.2) is 22.7 Å². The number of hydrogen-bond donors (Lipinski definition) is 7. The van der Waals surface area contributed by atoms with Crippen molar-refractivity contribution in [3.8, 4) is 17.2 Å². The summed E-state index contributed by atoms with van der Waals surface area (Å²) in [4.78, 5) is 74.7. The van der Waals surface area contributed by atoms with Gasteiger partial charge in [0.1, 0.15) is 17.1 Å². The maximum atomic E-state index is 15.9. The van der Waals surface area contributed by atoms with Gasteiger partial charge in [-0.1, -0.05) is 41.5 Å². The number of allylic oxidation sites excluding steroid dienone is 4. The molecule has 3 aromatic rings. The van der Waals surface area contributed by atoms with Gasteiger partial charge in [-0.05, 0) is 105 Å². The lowest BCUT2D eigenvalue weighted by Gasteiger charge is -2.62. The fourth-order valence-corrected chi connectivity index (χ4v) is 14.3. The van der Waals surface area contributed by atoms with Crippen LogP contribution in [0.3, 0.4) is 0 Å². The second-order valence-corrected chi connectivity index (χ2v) is 24.2. The number of hydrogen-bond acceptors (Lipinski definition) is 14. The van der Waals surface area contributed by atoms with E-state index >= 15 is 4.79 Å². The van der Waals surface area contributed by atoms with Crippen LogP contribution in [-0.4, -0.2) is 81.5 Å². The number of amides is 1. The van der Waals surface area contributed by atoms with Gasteiger partial charge in [0, 0.05) is 41.5 Å². The van der Waals surface area contributed by atoms with Crippen LogP contribution >= 0.6 is 23.5 Å². The maximum absolute atomic E-state index is 15.9. The summed E-state index contributed by atoms with van der Waals surface area (Å²) < 4.78 is 77.0. The lowest BCUT2D eigenvalue weighted by atomic mass is 9.47. The standard InChI is InChI=1S/C47H57N4O16P3/c1-25(2)12-11-19-45(8)20-18-29-38(62-45)28(16-15-26(3)4)39-34(40(29)64-69(58,59)67-70(60,61)66-68(55,56)57)36-35-37(51-32-14-10-9-13-31(32)49-43(51)50-36)30-24-33-44(6,7)65-46(41(30)53,47(33,35)63-39)21-17-27(5)42(54)48-22-23-52/h9-10,12-15,17-18,20,30,33,37,52H,11,16,19,21-24H2,1-8H3,(H,48,54)(H,49,50)(H,58,59)(H,60,61)(H2,55,56,57)/b27-17-. The van der Waals surface area contributed by atoms with Crippen LogP contribution in [0.15, 0.2) is 70.9 Å². The van der Waals surface area contributed by atoms with E-state index in [4.69, 9.17) is 23.7 Å². The van der Waals surface area contributed by atoms with Crippen molar-refractivity contribution < 1.29 is 75.3 Å². The first-order valence-corrected chi connectivity index (χ1v) is 27.4. The average molecular weight is 1030 g/mol. The minimum atomic E-state index is -6.02. The molecule has 3 saturated carbocycles. The van der Waals surface area contributed by atoms with Gasteiger partial charge in [-0.15, -0.1) is 0 Å². The van der Waals surface area contributed by atoms with Crippen molar-refractivity contribution in [3.63, 3.8) is 0 Å². The van der Waals surface area contributed by atoms with E-state index in [0.29, 0.717) is 47.4 Å². The van der Waals surface area contributed by atoms with Crippen LogP contribution in [0.25, 0.3) is 22.8 Å². The molecule has 8 unspecified atom stereocenters. The number of ether oxygens (including phenoxy) is 3. The molecule has 4 bridgehead atoms. The number of carbonyl (C=O) groups is 2. The van der Waals surface area contributed by atoms with E-state index in [-0.39, 0.29) is 65.7 Å². The Labute approximate surface area is 403 Å². The monoisotopic (exact) mass is 1030 g/mol. The van der Waals surface area contributed by atoms with E-state index in [2.05, 4.69) is 25.3 Å². The Morgan fingerprint density at radius 2 is 1.69 bits per heavy atom. The van der Waals surface area contributed by atoms with Crippen LogP contribution in [0.2, 0.25) is 0 Å². The zero-order chi connectivity index (χ0) is 50.7. The number of anilines is 1. The summed E-state index contributed by atoms with van der Waals surface area (Å²) in [6.07, 6.45) is 10.4. The minimum absolute atomic E-state index is 0.00316. The third-order valence-corrected chi connectivity index (χ3v) is 17.7. The topological polar surface area (TPSA) is 284 Å². The number of aliphatic hydroxyl groups excluding tert-OH is 1. The molecular formula is C47H57N4O16P3. The van der Waals surface area contributed by atoms with E-state index in [1.165, 1.54) is 0 Å². The molecule has 1 spiro atoms. The first kappa shape index (κ1) is 50.3. The number of carbonyl (C=O) groups excluding carboxylic acids is 2. The Morgan fingerprint density at radius 1 is 0.971 bits per heavy atom. The Morgan fingerprint density at radius 3 is 2.37 bits per heavy atom. The molecule has 0 radical (unpaired) electrons. The van der Waals surface area contributed by atoms with Gasteiger partial charge in [0.2, 0.25) is 11.9 Å². The van der Waals surface area contributed by atoms with Crippen molar-refractivity contribution in [2.75, 3.05) is 18.5 Å². The highest BCUT2D eigenvalue weighted by molar-refractivity contribution is 7.66. The van der Waals surface area contributed by atoms with E-state index in [9.17, 15) is 43.2 Å². The van der Waals surface area contributed by atoms with Crippen LogP contribution in [-0.2, 0) is 43.1 Å². The Bertz CT molecular complexity index is 3070. The number of phosphoric acid groups is 3. The summed E-state index contributed by atoms with van der Waals surface area (Å²) in [6.45, 7) is 14.7. The highest BCUT2D eigenvalue weighted by atomic mass is 31.3. The molecule has 4 aliphatic heterocycles. The van der Waals surface area contributed by atoms with Crippen LogP contribution in [0.4, 0.5) is 5.95 Å². The number of benzene rings is 2. The van der Waals surface area contributed by atoms with Gasteiger partial charge in [-0.2, -0.15) is 8.62 Å². The van der Waals surface area contributed by atoms with Crippen molar-refractivity contribution in [1.82, 2.24) is 14.9 Å². The number of aliphatic hydroxyl groups is 1. The lowest BCUT2D eigenvalue weighted by Crippen LogP contribution is -2.75.